The van der Waals surface area contributed by atoms with E-state index in [1.807, 2.05) is 61.5 Å². The third kappa shape index (κ3) is 7.74. The van der Waals surface area contributed by atoms with E-state index in [2.05, 4.69) is 41.4 Å². The number of nitrogens with one attached hydrogen (secondary N) is 1. The number of nitrogens with zero attached hydrogens (tertiary/aromatic N) is 1. The van der Waals surface area contributed by atoms with Crippen LogP contribution in [0.15, 0.2) is 78.9 Å². The number of hydrogen-bond acceptors (Lipinski definition) is 4. The second-order valence-electron chi connectivity index (χ2n) is 10.7. The lowest BCUT2D eigenvalue weighted by Gasteiger charge is -2.35. The van der Waals surface area contributed by atoms with Crippen LogP contribution in [0.1, 0.15) is 68.3 Å². The lowest BCUT2D eigenvalue weighted by molar-refractivity contribution is -0.144. The van der Waals surface area contributed by atoms with Crippen LogP contribution in [0.3, 0.4) is 0 Å². The summed E-state index contributed by atoms with van der Waals surface area (Å²) in [6.07, 6.45) is 5.08. The molecule has 1 amide bonds. The number of esters is 1. The average Bonchev–Trinajstić information content (AvgIpc) is 2.98. The molecule has 3 aromatic rings. The Kier molecular flexibility index (Phi) is 10.8. The number of halogens is 1. The van der Waals surface area contributed by atoms with E-state index in [4.69, 9.17) is 16.3 Å². The van der Waals surface area contributed by atoms with Gasteiger partial charge in [-0.3, -0.25) is 9.59 Å². The van der Waals surface area contributed by atoms with Gasteiger partial charge in [-0.05, 0) is 80.5 Å². The van der Waals surface area contributed by atoms with E-state index in [9.17, 15) is 9.59 Å². The molecule has 0 aliphatic carbocycles. The van der Waals surface area contributed by atoms with Gasteiger partial charge >= 0.3 is 5.97 Å². The molecule has 1 fully saturated rings. The Morgan fingerprint density at radius 2 is 1.70 bits per heavy atom. The van der Waals surface area contributed by atoms with Gasteiger partial charge in [0.1, 0.15) is 0 Å². The predicted molar refractivity (Wildman–Crippen MR) is 163 cm³/mol. The summed E-state index contributed by atoms with van der Waals surface area (Å²) >= 11 is 6.21. The van der Waals surface area contributed by atoms with Crippen molar-refractivity contribution in [3.05, 3.63) is 95.0 Å². The highest BCUT2D eigenvalue weighted by molar-refractivity contribution is 6.30. The molecule has 0 saturated carbocycles. The highest BCUT2D eigenvalue weighted by Crippen LogP contribution is 2.37. The summed E-state index contributed by atoms with van der Waals surface area (Å²) in [6, 6.07) is 25.9. The van der Waals surface area contributed by atoms with Gasteiger partial charge in [0.05, 0.1) is 13.0 Å². The van der Waals surface area contributed by atoms with E-state index in [1.165, 1.54) is 5.56 Å². The molecule has 0 bridgehead atoms. The van der Waals surface area contributed by atoms with E-state index in [1.54, 1.807) is 0 Å². The van der Waals surface area contributed by atoms with Crippen molar-refractivity contribution in [2.75, 3.05) is 26.2 Å². The molecule has 6 heteroatoms. The third-order valence-corrected chi connectivity index (χ3v) is 8.45. The number of hydrogen-bond donors (Lipinski definition) is 1. The lowest BCUT2D eigenvalue weighted by Crippen LogP contribution is -2.45. The Morgan fingerprint density at radius 3 is 2.40 bits per heavy atom. The van der Waals surface area contributed by atoms with E-state index >= 15 is 0 Å². The molecule has 4 rings (SSSR count). The molecular weight excluding hydrogens is 520 g/mol. The maximum atomic E-state index is 13.3. The summed E-state index contributed by atoms with van der Waals surface area (Å²) in [4.78, 5) is 28.3. The summed E-state index contributed by atoms with van der Waals surface area (Å²) in [5, 5.41) is 3.93. The van der Waals surface area contributed by atoms with Crippen molar-refractivity contribution >= 4 is 23.5 Å². The summed E-state index contributed by atoms with van der Waals surface area (Å²) in [5.41, 5.74) is 3.50. The minimum Gasteiger partial charge on any atom is -0.466 e. The van der Waals surface area contributed by atoms with Crippen molar-refractivity contribution in [2.45, 2.75) is 63.8 Å². The maximum absolute atomic E-state index is 13.3. The van der Waals surface area contributed by atoms with Gasteiger partial charge in [0.15, 0.2) is 0 Å². The van der Waals surface area contributed by atoms with Crippen LogP contribution in [0.4, 0.5) is 0 Å². The van der Waals surface area contributed by atoms with Gasteiger partial charge in [0.25, 0.3) is 5.91 Å². The van der Waals surface area contributed by atoms with Crippen LogP contribution in [-0.2, 0) is 14.9 Å². The maximum Gasteiger partial charge on any atom is 0.306 e. The number of likely N-dealkylation sites (tertiary alicyclic amines) is 1. The molecule has 0 aromatic heterocycles. The van der Waals surface area contributed by atoms with Gasteiger partial charge in [-0.1, -0.05) is 79.2 Å². The highest BCUT2D eigenvalue weighted by Gasteiger charge is 2.33. The smallest absolute Gasteiger partial charge is 0.306 e. The van der Waals surface area contributed by atoms with Crippen LogP contribution >= 0.6 is 11.6 Å². The second kappa shape index (κ2) is 14.5. The minimum absolute atomic E-state index is 0.0384. The third-order valence-electron chi connectivity index (χ3n) is 8.21. The number of benzene rings is 3. The van der Waals surface area contributed by atoms with Crippen LogP contribution in [0, 0.1) is 0 Å². The van der Waals surface area contributed by atoms with Gasteiger partial charge in [-0.25, -0.2) is 0 Å². The van der Waals surface area contributed by atoms with E-state index < -0.39 is 0 Å². The van der Waals surface area contributed by atoms with Crippen molar-refractivity contribution in [2.24, 2.45) is 0 Å². The van der Waals surface area contributed by atoms with Crippen molar-refractivity contribution < 1.29 is 14.3 Å². The number of rotatable bonds is 12. The second-order valence-corrected chi connectivity index (χ2v) is 11.2. The molecule has 1 unspecified atom stereocenters. The van der Waals surface area contributed by atoms with E-state index in [-0.39, 0.29) is 23.3 Å². The Morgan fingerprint density at radius 1 is 0.975 bits per heavy atom. The van der Waals surface area contributed by atoms with Crippen molar-refractivity contribution in [3.63, 3.8) is 0 Å². The molecular formula is C34H41ClN2O3. The van der Waals surface area contributed by atoms with Crippen molar-refractivity contribution in [1.82, 2.24) is 10.2 Å². The molecule has 1 aliphatic heterocycles. The van der Waals surface area contributed by atoms with Crippen molar-refractivity contribution in [1.29, 1.82) is 0 Å². The van der Waals surface area contributed by atoms with E-state index in [0.29, 0.717) is 23.6 Å². The standard InChI is InChI=1S/C34H41ClN2O3/c1-3-34(25-32(38)40-4-2,27-13-6-5-7-14-27)20-11-21-37-22-18-29(19-23-37)36-33(39)31-17-9-8-16-30(31)26-12-10-15-28(35)24-26/h5-10,12-17,24,29H,3-4,11,18-23,25H2,1-2H3,(H,36,39). The molecule has 0 spiro atoms. The minimum atomic E-state index is -0.212. The molecule has 1 saturated heterocycles. The van der Waals surface area contributed by atoms with Gasteiger partial charge in [-0.2, -0.15) is 0 Å². The Bertz CT molecular complexity index is 1260. The molecule has 1 atom stereocenters. The number of carbonyl (C=O) groups is 2. The molecule has 0 radical (unpaired) electrons. The fourth-order valence-corrected chi connectivity index (χ4v) is 6.10. The largest absolute Gasteiger partial charge is 0.466 e. The van der Waals surface area contributed by atoms with Crippen molar-refractivity contribution in [3.8, 4) is 11.1 Å². The molecule has 5 nitrogen and oxygen atoms in total. The van der Waals surface area contributed by atoms with Crippen LogP contribution in [0.5, 0.6) is 0 Å². The lowest BCUT2D eigenvalue weighted by atomic mass is 9.72. The molecule has 3 aromatic carbocycles. The van der Waals surface area contributed by atoms with Crippen LogP contribution in [-0.4, -0.2) is 49.1 Å². The number of amides is 1. The Hall–Kier alpha value is -3.15. The number of carbonyl (C=O) groups excluding carboxylic acids is 2. The number of piperidine rings is 1. The topological polar surface area (TPSA) is 58.6 Å². The quantitative estimate of drug-likeness (QED) is 0.236. The first-order valence-electron chi connectivity index (χ1n) is 14.5. The summed E-state index contributed by atoms with van der Waals surface area (Å²) in [6.45, 7) is 7.32. The monoisotopic (exact) mass is 560 g/mol. The van der Waals surface area contributed by atoms with Crippen LogP contribution in [0.2, 0.25) is 5.02 Å². The van der Waals surface area contributed by atoms with Gasteiger partial charge in [0, 0.05) is 35.1 Å². The Labute approximate surface area is 243 Å². The van der Waals surface area contributed by atoms with Gasteiger partial charge in [-0.15, -0.1) is 0 Å². The first-order valence-corrected chi connectivity index (χ1v) is 14.9. The van der Waals surface area contributed by atoms with Crippen LogP contribution < -0.4 is 5.32 Å². The summed E-state index contributed by atoms with van der Waals surface area (Å²) < 4.78 is 5.34. The fourth-order valence-electron chi connectivity index (χ4n) is 5.91. The molecule has 1 aliphatic rings. The number of ether oxygens (including phenoxy) is 1. The molecule has 1 N–H and O–H groups in total. The predicted octanol–water partition coefficient (Wildman–Crippen LogP) is 7.28. The van der Waals surface area contributed by atoms with Gasteiger partial charge in [0.2, 0.25) is 0 Å². The molecule has 212 valence electrons. The first-order chi connectivity index (χ1) is 19.4. The fraction of sp³-hybridized carbons (Fsp3) is 0.412. The first kappa shape index (κ1) is 29.8. The summed E-state index contributed by atoms with van der Waals surface area (Å²) in [5.74, 6) is -0.162. The zero-order chi connectivity index (χ0) is 28.4. The zero-order valence-electron chi connectivity index (χ0n) is 23.7. The van der Waals surface area contributed by atoms with Crippen LogP contribution in [0.25, 0.3) is 11.1 Å². The highest BCUT2D eigenvalue weighted by atomic mass is 35.5. The molecule has 1 heterocycles. The zero-order valence-corrected chi connectivity index (χ0v) is 24.5. The van der Waals surface area contributed by atoms with Gasteiger partial charge < -0.3 is 15.0 Å². The average molecular weight is 561 g/mol. The van der Waals surface area contributed by atoms with E-state index in [0.717, 1.165) is 62.9 Å². The Balaban J connectivity index is 1.31. The normalized spacial score (nSPS) is 15.8. The summed E-state index contributed by atoms with van der Waals surface area (Å²) in [7, 11) is 0. The SMILES string of the molecule is CCOC(=O)CC(CC)(CCCN1CCC(NC(=O)c2ccccc2-c2cccc(Cl)c2)CC1)c1ccccc1. The molecule has 40 heavy (non-hydrogen) atoms.